The zero-order valence-corrected chi connectivity index (χ0v) is 11.4. The van der Waals surface area contributed by atoms with Crippen molar-refractivity contribution in [3.05, 3.63) is 45.9 Å². The first-order valence-electron chi connectivity index (χ1n) is 5.62. The summed E-state index contributed by atoms with van der Waals surface area (Å²) in [5.41, 5.74) is 0.642. The van der Waals surface area contributed by atoms with Crippen LogP contribution in [0.2, 0.25) is 5.15 Å². The van der Waals surface area contributed by atoms with Crippen molar-refractivity contribution < 1.29 is 8.78 Å². The number of anilines is 2. The molecular weight excluding hydrogens is 272 g/mol. The van der Waals surface area contributed by atoms with E-state index in [-0.39, 0.29) is 10.8 Å². The lowest BCUT2D eigenvalue weighted by molar-refractivity contribution is 0.584. The summed E-state index contributed by atoms with van der Waals surface area (Å²) in [6.45, 7) is 4.89. The number of hydrogen-bond acceptors (Lipinski definition) is 3. The van der Waals surface area contributed by atoms with Gasteiger partial charge in [-0.1, -0.05) is 17.7 Å². The van der Waals surface area contributed by atoms with Crippen LogP contribution in [0.1, 0.15) is 17.0 Å². The van der Waals surface area contributed by atoms with E-state index in [1.807, 2.05) is 0 Å². The van der Waals surface area contributed by atoms with E-state index < -0.39 is 11.6 Å². The lowest BCUT2D eigenvalue weighted by atomic mass is 10.2. The van der Waals surface area contributed by atoms with Crippen molar-refractivity contribution in [3.8, 4) is 0 Å². The monoisotopic (exact) mass is 283 g/mol. The molecule has 100 valence electrons. The van der Waals surface area contributed by atoms with Gasteiger partial charge in [-0.15, -0.1) is 0 Å². The maximum absolute atomic E-state index is 13.9. The molecule has 0 bridgehead atoms. The molecule has 0 saturated carbocycles. The molecule has 0 saturated heterocycles. The largest absolute Gasteiger partial charge is 0.335 e. The summed E-state index contributed by atoms with van der Waals surface area (Å²) in [6, 6.07) is 2.58. The van der Waals surface area contributed by atoms with Crippen molar-refractivity contribution in [2.45, 2.75) is 20.8 Å². The summed E-state index contributed by atoms with van der Waals surface area (Å²) in [5.74, 6) is -0.617. The minimum atomic E-state index is -0.685. The van der Waals surface area contributed by atoms with Crippen LogP contribution in [0, 0.1) is 32.4 Å². The van der Waals surface area contributed by atoms with Crippen molar-refractivity contribution in [2.24, 2.45) is 0 Å². The summed E-state index contributed by atoms with van der Waals surface area (Å²) in [4.78, 5) is 8.07. The molecule has 1 heterocycles. The zero-order chi connectivity index (χ0) is 14.2. The van der Waals surface area contributed by atoms with Gasteiger partial charge in [-0.25, -0.2) is 18.7 Å². The fourth-order valence-corrected chi connectivity index (χ4v) is 1.82. The SMILES string of the molecule is Cc1nc(Cl)c(C)c(Nc2c(F)ccc(C)c2F)n1. The second-order valence-corrected chi connectivity index (χ2v) is 4.57. The summed E-state index contributed by atoms with van der Waals surface area (Å²) < 4.78 is 27.6. The van der Waals surface area contributed by atoms with E-state index in [1.54, 1.807) is 20.8 Å². The van der Waals surface area contributed by atoms with E-state index in [1.165, 1.54) is 12.1 Å². The number of benzene rings is 1. The number of hydrogen-bond donors (Lipinski definition) is 1. The molecule has 1 N–H and O–H groups in total. The van der Waals surface area contributed by atoms with Gasteiger partial charge in [0.1, 0.15) is 28.3 Å². The second kappa shape index (κ2) is 5.09. The molecule has 0 unspecified atom stereocenters. The summed E-state index contributed by atoms with van der Waals surface area (Å²) in [5, 5.41) is 2.90. The second-order valence-electron chi connectivity index (χ2n) is 4.21. The third-order valence-electron chi connectivity index (χ3n) is 2.73. The standard InChI is InChI=1S/C13H12ClF2N3/c1-6-4-5-9(15)11(10(6)16)19-13-7(2)12(14)17-8(3)18-13/h4-5H,1-3H3,(H,17,18,19). The quantitative estimate of drug-likeness (QED) is 0.844. The first-order chi connectivity index (χ1) is 8.90. The summed E-state index contributed by atoms with van der Waals surface area (Å²) in [6.07, 6.45) is 0. The number of rotatable bonds is 2. The zero-order valence-electron chi connectivity index (χ0n) is 10.7. The molecule has 0 radical (unpaired) electrons. The van der Waals surface area contributed by atoms with Crippen LogP contribution in [0.5, 0.6) is 0 Å². The molecule has 6 heteroatoms. The first-order valence-corrected chi connectivity index (χ1v) is 6.00. The van der Waals surface area contributed by atoms with Crippen LogP contribution in [0.4, 0.5) is 20.3 Å². The van der Waals surface area contributed by atoms with Crippen LogP contribution in [0.3, 0.4) is 0 Å². The van der Waals surface area contributed by atoms with Crippen molar-refractivity contribution >= 4 is 23.1 Å². The predicted molar refractivity (Wildman–Crippen MR) is 70.9 cm³/mol. The molecule has 0 amide bonds. The normalized spacial score (nSPS) is 10.6. The van der Waals surface area contributed by atoms with Gasteiger partial charge in [-0.05, 0) is 32.4 Å². The molecule has 0 aliphatic heterocycles. The Kier molecular flexibility index (Phi) is 3.66. The van der Waals surface area contributed by atoms with Gasteiger partial charge < -0.3 is 5.32 Å². The maximum atomic E-state index is 13.9. The van der Waals surface area contributed by atoms with Gasteiger partial charge in [-0.2, -0.15) is 0 Å². The van der Waals surface area contributed by atoms with Gasteiger partial charge in [0.25, 0.3) is 0 Å². The lowest BCUT2D eigenvalue weighted by Crippen LogP contribution is -2.05. The number of halogens is 3. The Morgan fingerprint density at radius 3 is 2.47 bits per heavy atom. The van der Waals surface area contributed by atoms with Gasteiger partial charge in [0.15, 0.2) is 5.82 Å². The van der Waals surface area contributed by atoms with Crippen molar-refractivity contribution in [2.75, 3.05) is 5.32 Å². The first kappa shape index (κ1) is 13.7. The van der Waals surface area contributed by atoms with Crippen LogP contribution in [0.15, 0.2) is 12.1 Å². The fraction of sp³-hybridized carbons (Fsp3) is 0.231. The molecule has 0 spiro atoms. The Hall–Kier alpha value is -1.75. The van der Waals surface area contributed by atoms with Crippen molar-refractivity contribution in [1.29, 1.82) is 0 Å². The van der Waals surface area contributed by atoms with E-state index in [2.05, 4.69) is 15.3 Å². The van der Waals surface area contributed by atoms with Crippen LogP contribution in [0.25, 0.3) is 0 Å². The highest BCUT2D eigenvalue weighted by atomic mass is 35.5. The Labute approximate surface area is 114 Å². The Bertz CT molecular complexity index is 644. The molecule has 19 heavy (non-hydrogen) atoms. The van der Waals surface area contributed by atoms with E-state index >= 15 is 0 Å². The third kappa shape index (κ3) is 2.66. The average Bonchev–Trinajstić information content (AvgIpc) is 2.35. The van der Waals surface area contributed by atoms with Crippen LogP contribution >= 0.6 is 11.6 Å². The Morgan fingerprint density at radius 2 is 1.79 bits per heavy atom. The number of nitrogens with zero attached hydrogens (tertiary/aromatic N) is 2. The highest BCUT2D eigenvalue weighted by Gasteiger charge is 2.15. The van der Waals surface area contributed by atoms with E-state index in [4.69, 9.17) is 11.6 Å². The Balaban J connectivity index is 2.51. The highest BCUT2D eigenvalue weighted by Crippen LogP contribution is 2.28. The van der Waals surface area contributed by atoms with Crippen molar-refractivity contribution in [3.63, 3.8) is 0 Å². The maximum Gasteiger partial charge on any atom is 0.152 e. The molecular formula is C13H12ClF2N3. The summed E-state index contributed by atoms with van der Waals surface area (Å²) >= 11 is 5.92. The van der Waals surface area contributed by atoms with E-state index in [0.29, 0.717) is 22.8 Å². The minimum absolute atomic E-state index is 0.239. The molecule has 2 rings (SSSR count). The molecule has 1 aromatic carbocycles. The van der Waals surface area contributed by atoms with Gasteiger partial charge in [0, 0.05) is 5.56 Å². The average molecular weight is 284 g/mol. The summed E-state index contributed by atoms with van der Waals surface area (Å²) in [7, 11) is 0. The van der Waals surface area contributed by atoms with Gasteiger partial charge in [-0.3, -0.25) is 0 Å². The minimum Gasteiger partial charge on any atom is -0.335 e. The molecule has 0 aliphatic carbocycles. The van der Waals surface area contributed by atoms with Crippen LogP contribution in [-0.2, 0) is 0 Å². The number of nitrogens with one attached hydrogen (secondary N) is 1. The fourth-order valence-electron chi connectivity index (χ4n) is 1.61. The van der Waals surface area contributed by atoms with Crippen LogP contribution in [-0.4, -0.2) is 9.97 Å². The molecule has 1 aromatic heterocycles. The molecule has 3 nitrogen and oxygen atoms in total. The molecule has 2 aromatic rings. The highest BCUT2D eigenvalue weighted by molar-refractivity contribution is 6.30. The van der Waals surface area contributed by atoms with Crippen LogP contribution < -0.4 is 5.32 Å². The molecule has 0 aliphatic rings. The topological polar surface area (TPSA) is 37.8 Å². The van der Waals surface area contributed by atoms with Gasteiger partial charge in [0.2, 0.25) is 0 Å². The van der Waals surface area contributed by atoms with Gasteiger partial charge in [0.05, 0.1) is 0 Å². The molecule has 0 fully saturated rings. The van der Waals surface area contributed by atoms with Crippen molar-refractivity contribution in [1.82, 2.24) is 9.97 Å². The predicted octanol–water partition coefficient (Wildman–Crippen LogP) is 4.08. The lowest BCUT2D eigenvalue weighted by Gasteiger charge is -2.12. The van der Waals surface area contributed by atoms with E-state index in [9.17, 15) is 8.78 Å². The Morgan fingerprint density at radius 1 is 1.11 bits per heavy atom. The number of aromatic nitrogens is 2. The van der Waals surface area contributed by atoms with Gasteiger partial charge >= 0.3 is 0 Å². The molecule has 0 atom stereocenters. The third-order valence-corrected chi connectivity index (χ3v) is 3.09. The number of aryl methyl sites for hydroxylation is 2. The smallest absolute Gasteiger partial charge is 0.152 e. The van der Waals surface area contributed by atoms with E-state index in [0.717, 1.165) is 0 Å².